The molecule has 29 heavy (non-hydrogen) atoms. The van der Waals surface area contributed by atoms with Gasteiger partial charge >= 0.3 is 6.18 Å². The Morgan fingerprint density at radius 1 is 1.21 bits per heavy atom. The molecule has 1 aromatic heterocycles. The zero-order valence-electron chi connectivity index (χ0n) is 15.1. The minimum Gasteiger partial charge on any atom is -0.467 e. The fourth-order valence-electron chi connectivity index (χ4n) is 2.95. The van der Waals surface area contributed by atoms with Gasteiger partial charge in [0.25, 0.3) is 5.91 Å². The molecule has 0 radical (unpaired) electrons. The van der Waals surface area contributed by atoms with E-state index in [1.165, 1.54) is 6.07 Å². The number of halogens is 4. The molecule has 6 nitrogen and oxygen atoms in total. The molecule has 3 rings (SSSR count). The molecule has 0 aliphatic heterocycles. The molecule has 1 atom stereocenters. The number of benzene rings is 1. The molecule has 0 spiro atoms. The minimum absolute atomic E-state index is 0.0550. The first-order chi connectivity index (χ1) is 13.7. The van der Waals surface area contributed by atoms with Crippen LogP contribution in [0.2, 0.25) is 5.02 Å². The Morgan fingerprint density at radius 3 is 2.59 bits per heavy atom. The lowest BCUT2D eigenvalue weighted by atomic mass is 9.94. The van der Waals surface area contributed by atoms with E-state index in [1.807, 2.05) is 0 Å². The summed E-state index contributed by atoms with van der Waals surface area (Å²) in [5.74, 6) is -1.05. The Bertz CT molecular complexity index is 904. The van der Waals surface area contributed by atoms with Crippen LogP contribution in [0.15, 0.2) is 30.3 Å². The molecule has 1 fully saturated rings. The molecular formula is C19H17ClF3N3O3. The second-order valence-electron chi connectivity index (χ2n) is 6.60. The van der Waals surface area contributed by atoms with Gasteiger partial charge in [-0.1, -0.05) is 30.2 Å². The summed E-state index contributed by atoms with van der Waals surface area (Å²) in [6.45, 7) is -1.55. The number of rotatable bonds is 5. The van der Waals surface area contributed by atoms with Gasteiger partial charge in [-0.15, -0.1) is 10.2 Å². The van der Waals surface area contributed by atoms with Crippen molar-refractivity contribution in [2.75, 3.05) is 6.61 Å². The summed E-state index contributed by atoms with van der Waals surface area (Å²) < 4.78 is 42.4. The number of Topliss-reactive ketones (excluding diaryl/α,β-unsaturated/α-hetero) is 1. The minimum atomic E-state index is -4.56. The third-order valence-corrected chi connectivity index (χ3v) is 4.63. The number of ether oxygens (including phenoxy) is 1. The largest absolute Gasteiger partial charge is 0.467 e. The number of amides is 1. The van der Waals surface area contributed by atoms with Crippen molar-refractivity contribution in [3.05, 3.63) is 41.0 Å². The van der Waals surface area contributed by atoms with Gasteiger partial charge in [-0.25, -0.2) is 0 Å². The zero-order chi connectivity index (χ0) is 21.0. The molecule has 2 aromatic rings. The fraction of sp³-hybridized carbons (Fsp3) is 0.368. The van der Waals surface area contributed by atoms with Gasteiger partial charge in [0.1, 0.15) is 0 Å². The van der Waals surface area contributed by atoms with Crippen LogP contribution in [-0.2, 0) is 4.79 Å². The van der Waals surface area contributed by atoms with E-state index in [0.29, 0.717) is 23.4 Å². The van der Waals surface area contributed by atoms with E-state index in [4.69, 9.17) is 16.3 Å². The van der Waals surface area contributed by atoms with Crippen molar-refractivity contribution in [1.29, 1.82) is 0 Å². The molecule has 1 saturated carbocycles. The van der Waals surface area contributed by atoms with E-state index in [1.54, 1.807) is 24.3 Å². The number of nitrogens with zero attached hydrogens (tertiary/aromatic N) is 2. The molecule has 1 amide bonds. The maximum Gasteiger partial charge on any atom is 0.422 e. The smallest absolute Gasteiger partial charge is 0.422 e. The van der Waals surface area contributed by atoms with Crippen molar-refractivity contribution in [3.63, 3.8) is 0 Å². The predicted molar refractivity (Wildman–Crippen MR) is 98.8 cm³/mol. The lowest BCUT2D eigenvalue weighted by molar-refractivity contribution is -0.154. The summed E-state index contributed by atoms with van der Waals surface area (Å²) in [5, 5.41) is 10.4. The molecule has 10 heteroatoms. The Kier molecular flexibility index (Phi) is 6.36. The molecule has 1 aliphatic carbocycles. The van der Waals surface area contributed by atoms with Crippen LogP contribution in [0.5, 0.6) is 5.88 Å². The predicted octanol–water partition coefficient (Wildman–Crippen LogP) is 3.98. The lowest BCUT2D eigenvalue weighted by Gasteiger charge is -2.21. The van der Waals surface area contributed by atoms with Gasteiger partial charge in [0.2, 0.25) is 5.88 Å². The molecule has 1 aliphatic rings. The van der Waals surface area contributed by atoms with Crippen LogP contribution in [0.1, 0.15) is 36.2 Å². The maximum atomic E-state index is 12.5. The number of carbonyl (C=O) groups excluding carboxylic acids is 2. The van der Waals surface area contributed by atoms with Crippen molar-refractivity contribution in [1.82, 2.24) is 15.5 Å². The van der Waals surface area contributed by atoms with Gasteiger partial charge in [0.15, 0.2) is 18.1 Å². The van der Waals surface area contributed by atoms with E-state index >= 15 is 0 Å². The van der Waals surface area contributed by atoms with Crippen LogP contribution >= 0.6 is 11.6 Å². The summed E-state index contributed by atoms with van der Waals surface area (Å²) >= 11 is 5.86. The van der Waals surface area contributed by atoms with Crippen molar-refractivity contribution in [3.8, 4) is 17.0 Å². The number of nitrogens with one attached hydrogen (secondary N) is 1. The van der Waals surface area contributed by atoms with Gasteiger partial charge in [-0.2, -0.15) is 13.2 Å². The first kappa shape index (κ1) is 21.0. The average Bonchev–Trinajstić information content (AvgIpc) is 2.68. The molecule has 1 heterocycles. The second kappa shape index (κ2) is 8.77. The number of hydrogen-bond acceptors (Lipinski definition) is 5. The van der Waals surface area contributed by atoms with Crippen LogP contribution < -0.4 is 10.1 Å². The standard InChI is InChI=1S/C19H17ClF3N3O3/c20-12-7-5-11(6-8-12)13-9-15(25-26-18(13)29-10-19(21,22)23)17(28)24-14-3-1-2-4-16(14)27/h5-9,14H,1-4,10H2,(H,24,28). The van der Waals surface area contributed by atoms with Crippen LogP contribution in [0.3, 0.4) is 0 Å². The summed E-state index contributed by atoms with van der Waals surface area (Å²) in [5.41, 5.74) is 0.470. The van der Waals surface area contributed by atoms with Gasteiger partial charge in [-0.3, -0.25) is 9.59 Å². The average molecular weight is 428 g/mol. The van der Waals surface area contributed by atoms with E-state index in [-0.39, 0.29) is 22.9 Å². The third-order valence-electron chi connectivity index (χ3n) is 4.38. The van der Waals surface area contributed by atoms with E-state index in [2.05, 4.69) is 15.5 Å². The van der Waals surface area contributed by atoms with Gasteiger partial charge < -0.3 is 10.1 Å². The van der Waals surface area contributed by atoms with E-state index in [0.717, 1.165) is 12.8 Å². The first-order valence-corrected chi connectivity index (χ1v) is 9.27. The van der Waals surface area contributed by atoms with Crippen molar-refractivity contribution in [2.45, 2.75) is 37.9 Å². The molecule has 154 valence electrons. The molecule has 0 saturated heterocycles. The van der Waals surface area contributed by atoms with Gasteiger partial charge in [0.05, 0.1) is 6.04 Å². The van der Waals surface area contributed by atoms with Crippen LogP contribution in [0, 0.1) is 0 Å². The molecule has 1 N–H and O–H groups in total. The highest BCUT2D eigenvalue weighted by Crippen LogP contribution is 2.30. The number of ketones is 1. The molecule has 1 unspecified atom stereocenters. The number of alkyl halides is 3. The highest BCUT2D eigenvalue weighted by Gasteiger charge is 2.30. The molecule has 0 bridgehead atoms. The topological polar surface area (TPSA) is 81.2 Å². The summed E-state index contributed by atoms with van der Waals surface area (Å²) in [6.07, 6.45) is -2.01. The number of carbonyl (C=O) groups is 2. The monoisotopic (exact) mass is 427 g/mol. The van der Waals surface area contributed by atoms with Crippen molar-refractivity contribution in [2.24, 2.45) is 0 Å². The first-order valence-electron chi connectivity index (χ1n) is 8.90. The van der Waals surface area contributed by atoms with Crippen LogP contribution in [-0.4, -0.2) is 40.7 Å². The van der Waals surface area contributed by atoms with Gasteiger partial charge in [0, 0.05) is 17.0 Å². The highest BCUT2D eigenvalue weighted by molar-refractivity contribution is 6.30. The lowest BCUT2D eigenvalue weighted by Crippen LogP contribution is -2.42. The zero-order valence-corrected chi connectivity index (χ0v) is 15.9. The van der Waals surface area contributed by atoms with Crippen molar-refractivity contribution < 1.29 is 27.5 Å². The summed E-state index contributed by atoms with van der Waals surface area (Å²) in [6, 6.07) is 6.90. The maximum absolute atomic E-state index is 12.5. The normalized spacial score (nSPS) is 17.1. The number of aromatic nitrogens is 2. The summed E-state index contributed by atoms with van der Waals surface area (Å²) in [4.78, 5) is 24.4. The Hall–Kier alpha value is -2.68. The SMILES string of the molecule is O=C(NC1CCCCC1=O)c1cc(-c2ccc(Cl)cc2)c(OCC(F)(F)F)nn1. The molecule has 1 aromatic carbocycles. The Morgan fingerprint density at radius 2 is 1.93 bits per heavy atom. The van der Waals surface area contributed by atoms with Crippen molar-refractivity contribution >= 4 is 23.3 Å². The Balaban J connectivity index is 1.88. The summed E-state index contributed by atoms with van der Waals surface area (Å²) in [7, 11) is 0. The third kappa shape index (κ3) is 5.66. The van der Waals surface area contributed by atoms with Crippen LogP contribution in [0.25, 0.3) is 11.1 Å². The second-order valence-corrected chi connectivity index (χ2v) is 7.03. The number of hydrogen-bond donors (Lipinski definition) is 1. The fourth-order valence-corrected chi connectivity index (χ4v) is 3.08. The highest BCUT2D eigenvalue weighted by atomic mass is 35.5. The van der Waals surface area contributed by atoms with Gasteiger partial charge in [-0.05, 0) is 36.6 Å². The van der Waals surface area contributed by atoms with E-state index < -0.39 is 24.7 Å². The van der Waals surface area contributed by atoms with Crippen LogP contribution in [0.4, 0.5) is 13.2 Å². The quantitative estimate of drug-likeness (QED) is 0.780. The van der Waals surface area contributed by atoms with E-state index in [9.17, 15) is 22.8 Å². The Labute approximate surface area is 169 Å². The molecular weight excluding hydrogens is 411 g/mol.